The van der Waals surface area contributed by atoms with Gasteiger partial charge in [0, 0.05) is 12.8 Å². The molecule has 0 aliphatic heterocycles. The first-order chi connectivity index (χ1) is 26.3. The Labute approximate surface area is 329 Å². The second-order valence-electron chi connectivity index (χ2n) is 13.9. The maximum Gasteiger partial charge on any atom is 0.469 e. The number of carbonyl (C=O) groups is 2. The molecule has 0 aliphatic carbocycles. The van der Waals surface area contributed by atoms with E-state index in [4.69, 9.17) is 19.3 Å². The molecule has 0 saturated carbocycles. The lowest BCUT2D eigenvalue weighted by Gasteiger charge is -2.18. The van der Waals surface area contributed by atoms with Crippen LogP contribution in [0, 0.1) is 0 Å². The zero-order chi connectivity index (χ0) is 39.6. The molecule has 2 N–H and O–H groups in total. The second kappa shape index (κ2) is 40.2. The van der Waals surface area contributed by atoms with Crippen LogP contribution in [0.5, 0.6) is 0 Å². The Morgan fingerprint density at radius 3 is 1.37 bits per heavy atom. The minimum Gasteiger partial charge on any atom is -0.462 e. The van der Waals surface area contributed by atoms with E-state index in [0.29, 0.717) is 12.8 Å². The maximum absolute atomic E-state index is 12.4. The summed E-state index contributed by atoms with van der Waals surface area (Å²) in [7, 11) is -4.77. The topological polar surface area (TPSA) is 119 Å². The summed E-state index contributed by atoms with van der Waals surface area (Å²) in [6.45, 7) is 3.53. The Morgan fingerprint density at radius 2 is 0.889 bits per heavy atom. The standard InChI is InChI=1S/C45H77O8P/c1-3-5-7-9-11-13-15-17-19-21-22-24-25-27-29-31-33-35-37-39-44(46)51-41-43(42-52-54(48,49)50)53-45(47)40-38-36-34-32-30-28-26-23-20-18-16-14-12-10-8-6-4-2/h5,7,11,13,17-20,22,24,27,29,43H,3-4,6,8-10,12,14-16,21,23,25-26,28,30-42H2,1-2H3,(H2,48,49,50)/b7-5+,13-11+,19-17+,20-18+,24-22+,29-27+/t43-/m1/s1. The highest BCUT2D eigenvalue weighted by Gasteiger charge is 2.22. The summed E-state index contributed by atoms with van der Waals surface area (Å²) in [4.78, 5) is 42.9. The van der Waals surface area contributed by atoms with Crippen molar-refractivity contribution in [1.29, 1.82) is 0 Å². The van der Waals surface area contributed by atoms with Crippen LogP contribution in [0.4, 0.5) is 0 Å². The summed E-state index contributed by atoms with van der Waals surface area (Å²) in [6, 6.07) is 0. The molecule has 8 nitrogen and oxygen atoms in total. The Bertz CT molecular complexity index is 1100. The largest absolute Gasteiger partial charge is 0.469 e. The predicted molar refractivity (Wildman–Crippen MR) is 225 cm³/mol. The minimum absolute atomic E-state index is 0.196. The quantitative estimate of drug-likeness (QED) is 0.0275. The van der Waals surface area contributed by atoms with Gasteiger partial charge in [0.15, 0.2) is 6.10 Å². The number of allylic oxidation sites excluding steroid dienone is 12. The highest BCUT2D eigenvalue weighted by molar-refractivity contribution is 7.46. The molecule has 0 aliphatic rings. The molecule has 54 heavy (non-hydrogen) atoms. The van der Waals surface area contributed by atoms with Crippen LogP contribution >= 0.6 is 7.82 Å². The molecule has 1 atom stereocenters. The normalized spacial score (nSPS) is 13.2. The van der Waals surface area contributed by atoms with Gasteiger partial charge in [0.05, 0.1) is 6.61 Å². The van der Waals surface area contributed by atoms with E-state index in [1.807, 2.05) is 0 Å². The number of phosphoric ester groups is 1. The first kappa shape index (κ1) is 51.5. The monoisotopic (exact) mass is 777 g/mol. The molecule has 0 amide bonds. The van der Waals surface area contributed by atoms with Crippen LogP contribution < -0.4 is 0 Å². The molecule has 0 heterocycles. The summed E-state index contributed by atoms with van der Waals surface area (Å²) in [5.41, 5.74) is 0. The summed E-state index contributed by atoms with van der Waals surface area (Å²) in [5, 5.41) is 0. The molecule has 0 unspecified atom stereocenters. The van der Waals surface area contributed by atoms with Gasteiger partial charge in [-0.05, 0) is 83.5 Å². The zero-order valence-corrected chi connectivity index (χ0v) is 35.0. The van der Waals surface area contributed by atoms with Crippen molar-refractivity contribution >= 4 is 19.8 Å². The first-order valence-corrected chi connectivity index (χ1v) is 22.8. The van der Waals surface area contributed by atoms with E-state index in [9.17, 15) is 14.2 Å². The Balaban J connectivity index is 4.00. The van der Waals surface area contributed by atoms with Crippen LogP contribution in [0.1, 0.15) is 181 Å². The fraction of sp³-hybridized carbons (Fsp3) is 0.689. The SMILES string of the molecule is CC/C=C/C/C=C/C/C=C/C/C=C/C/C=C/CCCCCC(=O)OC[C@H](COP(=O)(O)O)OC(=O)CCCCCCCCC/C=C/CCCCCCCC. The third-order valence-corrected chi connectivity index (χ3v) is 9.19. The van der Waals surface area contributed by atoms with Gasteiger partial charge in [0.1, 0.15) is 6.61 Å². The van der Waals surface area contributed by atoms with Gasteiger partial charge in [-0.25, -0.2) is 4.57 Å². The lowest BCUT2D eigenvalue weighted by molar-refractivity contribution is -0.161. The third-order valence-electron chi connectivity index (χ3n) is 8.71. The smallest absolute Gasteiger partial charge is 0.462 e. The van der Waals surface area contributed by atoms with Crippen LogP contribution in [0.3, 0.4) is 0 Å². The van der Waals surface area contributed by atoms with Gasteiger partial charge in [0.25, 0.3) is 0 Å². The molecule has 9 heteroatoms. The molecule has 0 aromatic carbocycles. The number of hydrogen-bond donors (Lipinski definition) is 2. The highest BCUT2D eigenvalue weighted by atomic mass is 31.2. The van der Waals surface area contributed by atoms with E-state index < -0.39 is 32.5 Å². The average molecular weight is 777 g/mol. The summed E-state index contributed by atoms with van der Waals surface area (Å²) in [5.74, 6) is -0.931. The summed E-state index contributed by atoms with van der Waals surface area (Å²) in [6.07, 6.45) is 51.9. The molecule has 0 aromatic heterocycles. The molecular weight excluding hydrogens is 699 g/mol. The minimum atomic E-state index is -4.77. The lowest BCUT2D eigenvalue weighted by Crippen LogP contribution is -2.29. The van der Waals surface area contributed by atoms with Gasteiger partial charge in [0.2, 0.25) is 0 Å². The molecule has 0 fully saturated rings. The third kappa shape index (κ3) is 42.2. The summed E-state index contributed by atoms with van der Waals surface area (Å²) >= 11 is 0. The first-order valence-electron chi connectivity index (χ1n) is 21.2. The maximum atomic E-state index is 12.4. The number of hydrogen-bond acceptors (Lipinski definition) is 6. The van der Waals surface area contributed by atoms with E-state index >= 15 is 0 Å². The number of ether oxygens (including phenoxy) is 2. The van der Waals surface area contributed by atoms with Crippen LogP contribution in [-0.4, -0.2) is 41.0 Å². The molecule has 0 bridgehead atoms. The van der Waals surface area contributed by atoms with Gasteiger partial charge in [-0.3, -0.25) is 14.1 Å². The molecule has 0 radical (unpaired) electrons. The van der Waals surface area contributed by atoms with Crippen molar-refractivity contribution in [2.75, 3.05) is 13.2 Å². The van der Waals surface area contributed by atoms with Gasteiger partial charge < -0.3 is 19.3 Å². The van der Waals surface area contributed by atoms with Crippen molar-refractivity contribution in [3.05, 3.63) is 72.9 Å². The average Bonchev–Trinajstić information content (AvgIpc) is 3.14. The van der Waals surface area contributed by atoms with Crippen molar-refractivity contribution in [3.8, 4) is 0 Å². The zero-order valence-electron chi connectivity index (χ0n) is 34.1. The number of rotatable bonds is 38. The molecule has 0 aromatic rings. The van der Waals surface area contributed by atoms with Crippen molar-refractivity contribution < 1.29 is 37.9 Å². The number of esters is 2. The van der Waals surface area contributed by atoms with Crippen molar-refractivity contribution in [3.63, 3.8) is 0 Å². The van der Waals surface area contributed by atoms with Gasteiger partial charge in [-0.1, -0.05) is 157 Å². The predicted octanol–water partition coefficient (Wildman–Crippen LogP) is 13.1. The molecule has 0 rings (SSSR count). The second-order valence-corrected chi connectivity index (χ2v) is 15.2. The lowest BCUT2D eigenvalue weighted by atomic mass is 10.1. The fourth-order valence-electron chi connectivity index (χ4n) is 5.57. The molecule has 0 spiro atoms. The van der Waals surface area contributed by atoms with E-state index in [1.165, 1.54) is 64.2 Å². The van der Waals surface area contributed by atoms with Crippen LogP contribution in [0.15, 0.2) is 72.9 Å². The molecule has 0 saturated heterocycles. The molecule has 310 valence electrons. The van der Waals surface area contributed by atoms with Crippen LogP contribution in [0.25, 0.3) is 0 Å². The van der Waals surface area contributed by atoms with Gasteiger partial charge >= 0.3 is 19.8 Å². The summed E-state index contributed by atoms with van der Waals surface area (Å²) < 4.78 is 26.4. The van der Waals surface area contributed by atoms with E-state index in [1.54, 1.807) is 0 Å². The Kier molecular flexibility index (Phi) is 38.3. The number of phosphoric acid groups is 1. The number of unbranched alkanes of at least 4 members (excludes halogenated alkanes) is 16. The Hall–Kier alpha value is -2.51. The number of carbonyl (C=O) groups excluding carboxylic acids is 2. The van der Waals surface area contributed by atoms with E-state index in [2.05, 4.69) is 91.3 Å². The van der Waals surface area contributed by atoms with Crippen molar-refractivity contribution in [1.82, 2.24) is 0 Å². The van der Waals surface area contributed by atoms with Crippen LogP contribution in [0.2, 0.25) is 0 Å². The van der Waals surface area contributed by atoms with Crippen molar-refractivity contribution in [2.45, 2.75) is 187 Å². The van der Waals surface area contributed by atoms with Gasteiger partial charge in [-0.2, -0.15) is 0 Å². The van der Waals surface area contributed by atoms with Crippen LogP contribution in [-0.2, 0) is 28.2 Å². The molecular formula is C45H77O8P. The fourth-order valence-corrected chi connectivity index (χ4v) is 5.93. The Morgan fingerprint density at radius 1 is 0.500 bits per heavy atom. The van der Waals surface area contributed by atoms with E-state index in [0.717, 1.165) is 77.0 Å². The van der Waals surface area contributed by atoms with Crippen molar-refractivity contribution in [2.24, 2.45) is 0 Å². The highest BCUT2D eigenvalue weighted by Crippen LogP contribution is 2.36. The van der Waals surface area contributed by atoms with Gasteiger partial charge in [-0.15, -0.1) is 0 Å². The van der Waals surface area contributed by atoms with E-state index in [-0.39, 0.29) is 19.4 Å².